The number of hydrogen-bond donors (Lipinski definition) is 2. The monoisotopic (exact) mass is 419 g/mol. The van der Waals surface area contributed by atoms with Crippen molar-refractivity contribution in [2.75, 3.05) is 18.4 Å². The molecular weight excluding hydrogens is 398 g/mol. The Kier molecular flexibility index (Phi) is 4.71. The van der Waals surface area contributed by atoms with Gasteiger partial charge in [0.1, 0.15) is 0 Å². The van der Waals surface area contributed by atoms with E-state index in [0.29, 0.717) is 10.9 Å². The number of pyridine rings is 1. The quantitative estimate of drug-likeness (QED) is 0.522. The Labute approximate surface area is 177 Å². The Morgan fingerprint density at radius 3 is 2.67 bits per heavy atom. The van der Waals surface area contributed by atoms with E-state index in [1.54, 1.807) is 18.5 Å². The largest absolute Gasteiger partial charge is 0.353 e. The van der Waals surface area contributed by atoms with Gasteiger partial charge in [0, 0.05) is 65.2 Å². The van der Waals surface area contributed by atoms with Gasteiger partial charge in [-0.05, 0) is 37.1 Å². The van der Waals surface area contributed by atoms with Crippen molar-refractivity contribution >= 4 is 50.6 Å². The Hall–Kier alpha value is -3.26. The van der Waals surface area contributed by atoms with Crippen LogP contribution in [0.2, 0.25) is 0 Å². The standard InChI is InChI=1S/C22H21N5O2S/c1-13(28)27-7-4-14(5-8-27)19-11-17-16-10-15(25-21(29)22-23-6-9-30-22)2-3-18(16)26-20(17)12-24-19/h2-3,6,9-12,14,26H,4-5,7-8H2,1H3,(H,25,29). The number of aromatic nitrogens is 3. The molecule has 7 nitrogen and oxygen atoms in total. The molecule has 1 aromatic carbocycles. The molecule has 1 fully saturated rings. The van der Waals surface area contributed by atoms with Gasteiger partial charge in [0.25, 0.3) is 5.91 Å². The highest BCUT2D eigenvalue weighted by molar-refractivity contribution is 7.11. The van der Waals surface area contributed by atoms with Crippen LogP contribution in [-0.2, 0) is 4.79 Å². The SMILES string of the molecule is CC(=O)N1CCC(c2cc3c(cn2)[nH]c2ccc(NC(=O)c4nccs4)cc23)CC1. The second-order valence-corrected chi connectivity index (χ2v) is 8.51. The van der Waals surface area contributed by atoms with Crippen LogP contribution in [0.1, 0.15) is 41.2 Å². The zero-order chi connectivity index (χ0) is 20.7. The summed E-state index contributed by atoms with van der Waals surface area (Å²) in [7, 11) is 0. The Balaban J connectivity index is 1.44. The zero-order valence-corrected chi connectivity index (χ0v) is 17.3. The van der Waals surface area contributed by atoms with Crippen molar-refractivity contribution in [3.63, 3.8) is 0 Å². The van der Waals surface area contributed by atoms with Crippen LogP contribution in [-0.4, -0.2) is 44.8 Å². The summed E-state index contributed by atoms with van der Waals surface area (Å²) in [6.07, 6.45) is 5.36. The number of thiazole rings is 1. The van der Waals surface area contributed by atoms with Crippen LogP contribution in [0, 0.1) is 0 Å². The first kappa shape index (κ1) is 18.7. The number of aromatic amines is 1. The van der Waals surface area contributed by atoms with Gasteiger partial charge in [0.05, 0.1) is 11.7 Å². The second kappa shape index (κ2) is 7.53. The number of hydrogen-bond acceptors (Lipinski definition) is 5. The molecule has 0 spiro atoms. The average Bonchev–Trinajstić information content (AvgIpc) is 3.41. The topological polar surface area (TPSA) is 91.0 Å². The molecule has 2 amide bonds. The molecule has 3 aromatic heterocycles. The van der Waals surface area contributed by atoms with Gasteiger partial charge in [-0.15, -0.1) is 11.3 Å². The number of carbonyl (C=O) groups excluding carboxylic acids is 2. The molecule has 8 heteroatoms. The minimum absolute atomic E-state index is 0.140. The first-order valence-electron chi connectivity index (χ1n) is 9.96. The maximum Gasteiger partial charge on any atom is 0.284 e. The lowest BCUT2D eigenvalue weighted by molar-refractivity contribution is -0.129. The van der Waals surface area contributed by atoms with E-state index in [9.17, 15) is 9.59 Å². The Bertz CT molecular complexity index is 1240. The molecule has 1 saturated heterocycles. The number of rotatable bonds is 3. The van der Waals surface area contributed by atoms with Crippen LogP contribution < -0.4 is 5.32 Å². The Morgan fingerprint density at radius 1 is 1.13 bits per heavy atom. The lowest BCUT2D eigenvalue weighted by Gasteiger charge is -2.31. The van der Waals surface area contributed by atoms with Gasteiger partial charge in [-0.3, -0.25) is 14.6 Å². The number of amides is 2. The van der Waals surface area contributed by atoms with Gasteiger partial charge < -0.3 is 15.2 Å². The minimum atomic E-state index is -0.205. The maximum absolute atomic E-state index is 12.3. The molecule has 0 atom stereocenters. The summed E-state index contributed by atoms with van der Waals surface area (Å²) in [4.78, 5) is 38.0. The van der Waals surface area contributed by atoms with Crippen molar-refractivity contribution in [3.05, 3.63) is 52.7 Å². The lowest BCUT2D eigenvalue weighted by atomic mass is 9.92. The molecule has 0 saturated carbocycles. The van der Waals surface area contributed by atoms with Gasteiger partial charge in [-0.25, -0.2) is 4.98 Å². The van der Waals surface area contributed by atoms with Gasteiger partial charge in [0.15, 0.2) is 5.01 Å². The maximum atomic E-state index is 12.3. The molecule has 1 aliphatic rings. The third-order valence-electron chi connectivity index (χ3n) is 5.75. The number of anilines is 1. The van der Waals surface area contributed by atoms with Crippen LogP contribution >= 0.6 is 11.3 Å². The molecule has 0 bridgehead atoms. The number of nitrogens with zero attached hydrogens (tertiary/aromatic N) is 3. The summed E-state index contributed by atoms with van der Waals surface area (Å²) in [6.45, 7) is 3.18. The van der Waals surface area contributed by atoms with Crippen molar-refractivity contribution in [2.24, 2.45) is 0 Å². The van der Waals surface area contributed by atoms with E-state index in [4.69, 9.17) is 0 Å². The van der Waals surface area contributed by atoms with Crippen molar-refractivity contribution in [2.45, 2.75) is 25.7 Å². The second-order valence-electron chi connectivity index (χ2n) is 7.61. The molecule has 4 aromatic rings. The number of likely N-dealkylation sites (tertiary alicyclic amines) is 1. The predicted octanol–water partition coefficient (Wildman–Crippen LogP) is 4.15. The predicted molar refractivity (Wildman–Crippen MR) is 118 cm³/mol. The molecule has 1 aliphatic heterocycles. The molecule has 0 radical (unpaired) electrons. The molecule has 5 rings (SSSR count). The number of carbonyl (C=O) groups is 2. The van der Waals surface area contributed by atoms with Gasteiger partial charge in [-0.1, -0.05) is 0 Å². The molecular formula is C22H21N5O2S. The fourth-order valence-electron chi connectivity index (χ4n) is 4.13. The van der Waals surface area contributed by atoms with Crippen molar-refractivity contribution in [3.8, 4) is 0 Å². The van der Waals surface area contributed by atoms with E-state index < -0.39 is 0 Å². The summed E-state index contributed by atoms with van der Waals surface area (Å²) < 4.78 is 0. The van der Waals surface area contributed by atoms with E-state index in [2.05, 4.69) is 26.3 Å². The van der Waals surface area contributed by atoms with Crippen LogP contribution in [0.5, 0.6) is 0 Å². The van der Waals surface area contributed by atoms with Crippen LogP contribution in [0.4, 0.5) is 5.69 Å². The number of piperidine rings is 1. The normalized spacial score (nSPS) is 15.0. The highest BCUT2D eigenvalue weighted by Crippen LogP contribution is 2.32. The van der Waals surface area contributed by atoms with Crippen LogP contribution in [0.15, 0.2) is 42.0 Å². The smallest absolute Gasteiger partial charge is 0.284 e. The summed E-state index contributed by atoms with van der Waals surface area (Å²) >= 11 is 1.32. The summed E-state index contributed by atoms with van der Waals surface area (Å²) in [5.74, 6) is 0.285. The summed E-state index contributed by atoms with van der Waals surface area (Å²) in [5.41, 5.74) is 3.77. The molecule has 4 heterocycles. The van der Waals surface area contributed by atoms with Gasteiger partial charge >= 0.3 is 0 Å². The first-order valence-corrected chi connectivity index (χ1v) is 10.8. The van der Waals surface area contributed by atoms with Crippen molar-refractivity contribution in [1.29, 1.82) is 0 Å². The number of H-pyrrole nitrogens is 1. The lowest BCUT2D eigenvalue weighted by Crippen LogP contribution is -2.36. The van der Waals surface area contributed by atoms with Crippen molar-refractivity contribution < 1.29 is 9.59 Å². The van der Waals surface area contributed by atoms with E-state index in [-0.39, 0.29) is 11.8 Å². The van der Waals surface area contributed by atoms with E-state index >= 15 is 0 Å². The molecule has 30 heavy (non-hydrogen) atoms. The zero-order valence-electron chi connectivity index (χ0n) is 16.5. The Morgan fingerprint density at radius 2 is 1.93 bits per heavy atom. The fraction of sp³-hybridized carbons (Fsp3) is 0.273. The number of benzene rings is 1. The van der Waals surface area contributed by atoms with E-state index in [0.717, 1.165) is 59.1 Å². The molecule has 0 unspecified atom stereocenters. The molecule has 152 valence electrons. The average molecular weight is 420 g/mol. The first-order chi connectivity index (χ1) is 14.6. The fourth-order valence-corrected chi connectivity index (χ4v) is 4.66. The highest BCUT2D eigenvalue weighted by Gasteiger charge is 2.23. The molecule has 2 N–H and O–H groups in total. The minimum Gasteiger partial charge on any atom is -0.353 e. The van der Waals surface area contributed by atoms with Crippen LogP contribution in [0.3, 0.4) is 0 Å². The highest BCUT2D eigenvalue weighted by atomic mass is 32.1. The van der Waals surface area contributed by atoms with Gasteiger partial charge in [0.2, 0.25) is 5.91 Å². The van der Waals surface area contributed by atoms with Gasteiger partial charge in [-0.2, -0.15) is 0 Å². The number of fused-ring (bicyclic) bond motifs is 3. The third-order valence-corrected chi connectivity index (χ3v) is 6.52. The van der Waals surface area contributed by atoms with E-state index in [1.807, 2.05) is 29.3 Å². The third kappa shape index (κ3) is 3.43. The molecule has 0 aliphatic carbocycles. The summed E-state index contributed by atoms with van der Waals surface area (Å²) in [6, 6.07) is 7.99. The van der Waals surface area contributed by atoms with Crippen LogP contribution in [0.25, 0.3) is 21.8 Å². The number of nitrogens with one attached hydrogen (secondary N) is 2. The van der Waals surface area contributed by atoms with E-state index in [1.165, 1.54) is 11.3 Å². The van der Waals surface area contributed by atoms with Crippen molar-refractivity contribution in [1.82, 2.24) is 19.9 Å². The summed E-state index contributed by atoms with van der Waals surface area (Å²) in [5, 5.41) is 7.29.